The Morgan fingerprint density at radius 2 is 1.80 bits per heavy atom. The Morgan fingerprint density at radius 1 is 1.10 bits per heavy atom. The maximum absolute atomic E-state index is 5.07. The second-order valence-electron chi connectivity index (χ2n) is 2.01. The Bertz CT molecular complexity index is 149. The molecule has 0 spiro atoms. The number of unbranched alkanes of at least 4 members (excludes halogenated alkanes) is 3. The van der Waals surface area contributed by atoms with Crippen LogP contribution >= 0.6 is 0 Å². The monoisotopic (exact) mass is 133 g/mol. The number of hydrogen-bond acceptors (Lipinski definition) is 0. The first-order valence-corrected chi connectivity index (χ1v) is 3.60. The first-order chi connectivity index (χ1) is 4.91. The highest BCUT2D eigenvalue weighted by molar-refractivity contribution is 4.99. The average Bonchev–Trinajstić information content (AvgIpc) is 1.97. The Hall–Kier alpha value is -0.880. The van der Waals surface area contributed by atoms with Crippen molar-refractivity contribution in [2.45, 2.75) is 32.1 Å². The average molecular weight is 133 g/mol. The molecular weight excluding hydrogens is 120 g/mol. The molecular formula is C10H13. The summed E-state index contributed by atoms with van der Waals surface area (Å²) in [5.41, 5.74) is 0. The maximum Gasteiger partial charge on any atom is 0.00890 e. The number of rotatable bonds is 3. The van der Waals surface area contributed by atoms with Gasteiger partial charge >= 0.3 is 0 Å². The fourth-order valence-corrected chi connectivity index (χ4v) is 0.617. The second kappa shape index (κ2) is 8.12. The lowest BCUT2D eigenvalue weighted by molar-refractivity contribution is 0.782. The Kier molecular flexibility index (Phi) is 7.41. The van der Waals surface area contributed by atoms with Gasteiger partial charge in [-0.25, -0.2) is 0 Å². The summed E-state index contributed by atoms with van der Waals surface area (Å²) in [6, 6.07) is 0. The van der Waals surface area contributed by atoms with Gasteiger partial charge in [0.05, 0.1) is 0 Å². The van der Waals surface area contributed by atoms with Crippen molar-refractivity contribution in [2.75, 3.05) is 0 Å². The van der Waals surface area contributed by atoms with Crippen LogP contribution in [0.3, 0.4) is 0 Å². The summed E-state index contributed by atoms with van der Waals surface area (Å²) in [7, 11) is 0. The van der Waals surface area contributed by atoms with E-state index in [0.29, 0.717) is 0 Å². The maximum atomic E-state index is 5.07. The molecule has 0 unspecified atom stereocenters. The van der Waals surface area contributed by atoms with Gasteiger partial charge in [-0.2, -0.15) is 0 Å². The smallest absolute Gasteiger partial charge is 0.00890 e. The van der Waals surface area contributed by atoms with Crippen LogP contribution in [0.4, 0.5) is 0 Å². The second-order valence-corrected chi connectivity index (χ2v) is 2.01. The fourth-order valence-electron chi connectivity index (χ4n) is 0.617. The van der Waals surface area contributed by atoms with Crippen LogP contribution in [0.2, 0.25) is 0 Å². The predicted octanol–water partition coefficient (Wildman–Crippen LogP) is 2.41. The molecule has 0 saturated carbocycles. The molecule has 0 bridgehead atoms. The molecule has 0 aromatic carbocycles. The van der Waals surface area contributed by atoms with E-state index in [4.69, 9.17) is 6.42 Å². The molecule has 53 valence electrons. The SMILES string of the molecule is C#CCCCCC#CC[CH2]. The molecule has 0 nitrogen and oxygen atoms in total. The highest BCUT2D eigenvalue weighted by atomic mass is 13.8. The van der Waals surface area contributed by atoms with Crippen molar-refractivity contribution in [1.82, 2.24) is 0 Å². The zero-order chi connectivity index (χ0) is 7.66. The zero-order valence-electron chi connectivity index (χ0n) is 6.32. The molecule has 0 aliphatic heterocycles. The molecule has 0 aromatic rings. The van der Waals surface area contributed by atoms with Crippen LogP contribution in [0.5, 0.6) is 0 Å². The highest BCUT2D eigenvalue weighted by Crippen LogP contribution is 1.96. The Labute approximate surface area is 64.0 Å². The van der Waals surface area contributed by atoms with E-state index in [1.807, 2.05) is 0 Å². The van der Waals surface area contributed by atoms with Gasteiger partial charge in [0.2, 0.25) is 0 Å². The molecule has 10 heavy (non-hydrogen) atoms. The van der Waals surface area contributed by atoms with Crippen LogP contribution in [0, 0.1) is 31.1 Å². The molecule has 0 N–H and O–H groups in total. The minimum Gasteiger partial charge on any atom is -0.120 e. The van der Waals surface area contributed by atoms with E-state index in [-0.39, 0.29) is 0 Å². The van der Waals surface area contributed by atoms with Crippen LogP contribution in [0.1, 0.15) is 32.1 Å². The van der Waals surface area contributed by atoms with Crippen LogP contribution in [-0.4, -0.2) is 0 Å². The van der Waals surface area contributed by atoms with E-state index in [2.05, 4.69) is 24.7 Å². The van der Waals surface area contributed by atoms with Crippen molar-refractivity contribution in [3.8, 4) is 24.2 Å². The van der Waals surface area contributed by atoms with Crippen molar-refractivity contribution >= 4 is 0 Å². The van der Waals surface area contributed by atoms with E-state index in [9.17, 15) is 0 Å². The van der Waals surface area contributed by atoms with Gasteiger partial charge in [-0.15, -0.1) is 24.2 Å². The molecule has 0 aromatic heterocycles. The topological polar surface area (TPSA) is 0 Å². The Balaban J connectivity index is 2.99. The lowest BCUT2D eigenvalue weighted by atomic mass is 10.2. The molecule has 0 atom stereocenters. The van der Waals surface area contributed by atoms with Crippen LogP contribution in [0.15, 0.2) is 0 Å². The van der Waals surface area contributed by atoms with E-state index in [0.717, 1.165) is 32.1 Å². The predicted molar refractivity (Wildman–Crippen MR) is 45.1 cm³/mol. The lowest BCUT2D eigenvalue weighted by Crippen LogP contribution is -1.71. The lowest BCUT2D eigenvalue weighted by Gasteiger charge is -1.87. The van der Waals surface area contributed by atoms with Gasteiger partial charge in [0, 0.05) is 19.3 Å². The van der Waals surface area contributed by atoms with Crippen molar-refractivity contribution in [3.05, 3.63) is 6.92 Å². The van der Waals surface area contributed by atoms with Gasteiger partial charge in [-0.1, -0.05) is 0 Å². The van der Waals surface area contributed by atoms with E-state index >= 15 is 0 Å². The summed E-state index contributed by atoms with van der Waals surface area (Å²) in [6.45, 7) is 3.61. The first kappa shape index (κ1) is 9.12. The minimum atomic E-state index is 0.717. The molecule has 0 saturated heterocycles. The zero-order valence-corrected chi connectivity index (χ0v) is 6.32. The van der Waals surface area contributed by atoms with Crippen LogP contribution < -0.4 is 0 Å². The first-order valence-electron chi connectivity index (χ1n) is 3.60. The molecule has 1 radical (unpaired) electrons. The number of terminal acetylenes is 1. The van der Waals surface area contributed by atoms with Gasteiger partial charge in [0.25, 0.3) is 0 Å². The Morgan fingerprint density at radius 3 is 2.40 bits per heavy atom. The minimum absolute atomic E-state index is 0.717. The molecule has 0 aliphatic carbocycles. The van der Waals surface area contributed by atoms with E-state index in [1.165, 1.54) is 0 Å². The standard InChI is InChI=1S/C10H13/c1-3-5-7-9-10-8-6-4-2/h1H,2,4-5,7,9-10H2. The fraction of sp³-hybridized carbons (Fsp3) is 0.500. The van der Waals surface area contributed by atoms with Crippen molar-refractivity contribution in [2.24, 2.45) is 0 Å². The molecule has 0 heteroatoms. The van der Waals surface area contributed by atoms with Crippen LogP contribution in [0.25, 0.3) is 0 Å². The summed E-state index contributed by atoms with van der Waals surface area (Å²) in [5, 5.41) is 0. The summed E-state index contributed by atoms with van der Waals surface area (Å²) < 4.78 is 0. The summed E-state index contributed by atoms with van der Waals surface area (Å²) in [5.74, 6) is 8.52. The van der Waals surface area contributed by atoms with Gasteiger partial charge in [-0.05, 0) is 19.8 Å². The van der Waals surface area contributed by atoms with Gasteiger partial charge in [-0.3, -0.25) is 0 Å². The van der Waals surface area contributed by atoms with E-state index < -0.39 is 0 Å². The quantitative estimate of drug-likeness (QED) is 0.409. The molecule has 0 rings (SSSR count). The third-order valence-electron chi connectivity index (χ3n) is 1.12. The normalized spacial score (nSPS) is 7.60. The van der Waals surface area contributed by atoms with Crippen molar-refractivity contribution in [3.63, 3.8) is 0 Å². The summed E-state index contributed by atoms with van der Waals surface area (Å²) in [6.07, 6.45) is 9.86. The summed E-state index contributed by atoms with van der Waals surface area (Å²) in [4.78, 5) is 0. The van der Waals surface area contributed by atoms with Gasteiger partial charge in [0.1, 0.15) is 0 Å². The third kappa shape index (κ3) is 7.12. The van der Waals surface area contributed by atoms with E-state index in [1.54, 1.807) is 0 Å². The van der Waals surface area contributed by atoms with Crippen molar-refractivity contribution < 1.29 is 0 Å². The molecule has 0 heterocycles. The van der Waals surface area contributed by atoms with Crippen LogP contribution in [-0.2, 0) is 0 Å². The molecule has 0 fully saturated rings. The molecule has 0 aliphatic rings. The third-order valence-corrected chi connectivity index (χ3v) is 1.12. The largest absolute Gasteiger partial charge is 0.120 e. The highest BCUT2D eigenvalue weighted by Gasteiger charge is 1.80. The van der Waals surface area contributed by atoms with Gasteiger partial charge < -0.3 is 0 Å². The molecule has 0 amide bonds. The van der Waals surface area contributed by atoms with Crippen molar-refractivity contribution in [1.29, 1.82) is 0 Å². The number of hydrogen-bond donors (Lipinski definition) is 0. The van der Waals surface area contributed by atoms with Gasteiger partial charge in [0.15, 0.2) is 0 Å². The summed E-state index contributed by atoms with van der Waals surface area (Å²) >= 11 is 0.